The van der Waals surface area contributed by atoms with E-state index in [1.54, 1.807) is 16.7 Å². The normalized spacial score (nSPS) is 23.1. The highest BCUT2D eigenvalue weighted by Gasteiger charge is 2.35. The largest absolute Gasteiger partial charge is 0.359 e. The van der Waals surface area contributed by atoms with Gasteiger partial charge in [0, 0.05) is 13.5 Å². The zero-order valence-electron chi connectivity index (χ0n) is 9.57. The smallest absolute Gasteiger partial charge is 0.269 e. The van der Waals surface area contributed by atoms with Crippen LogP contribution in [0.15, 0.2) is 16.7 Å². The van der Waals surface area contributed by atoms with Crippen LogP contribution in [0.1, 0.15) is 29.9 Å². The number of amides is 1. The van der Waals surface area contributed by atoms with E-state index >= 15 is 0 Å². The van der Waals surface area contributed by atoms with Crippen molar-refractivity contribution in [3.63, 3.8) is 0 Å². The Hall–Kier alpha value is -1.14. The Labute approximate surface area is 107 Å². The molecular weight excluding hydrogens is 288 g/mol. The van der Waals surface area contributed by atoms with Crippen molar-refractivity contribution >= 4 is 27.6 Å². The number of hydrogen-bond donors (Lipinski definition) is 1. The van der Waals surface area contributed by atoms with Gasteiger partial charge in [-0.25, -0.2) is 0 Å². The molecule has 0 bridgehead atoms. The molecule has 0 unspecified atom stereocenters. The lowest BCUT2D eigenvalue weighted by Gasteiger charge is -2.33. The van der Waals surface area contributed by atoms with E-state index in [1.807, 2.05) is 0 Å². The zero-order chi connectivity index (χ0) is 12.6. The number of nitrogens with one attached hydrogen (secondary N) is 1. The summed E-state index contributed by atoms with van der Waals surface area (Å²) in [5.41, 5.74) is 0.538. The lowest BCUT2D eigenvalue weighted by molar-refractivity contribution is -0.119. The SMILES string of the molecule is CO[C@H]1NC(=O)c2ccc(Br)n2[C@@H]1CC(C)=O. The maximum Gasteiger partial charge on any atom is 0.269 e. The number of aromatic nitrogens is 1. The Kier molecular flexibility index (Phi) is 3.35. The summed E-state index contributed by atoms with van der Waals surface area (Å²) in [5.74, 6) is -0.137. The van der Waals surface area contributed by atoms with Crippen molar-refractivity contribution in [1.29, 1.82) is 0 Å². The summed E-state index contributed by atoms with van der Waals surface area (Å²) < 4.78 is 7.80. The van der Waals surface area contributed by atoms with E-state index in [-0.39, 0.29) is 17.7 Å². The highest BCUT2D eigenvalue weighted by molar-refractivity contribution is 9.10. The molecule has 0 spiro atoms. The van der Waals surface area contributed by atoms with Crippen LogP contribution in [0, 0.1) is 0 Å². The first-order chi connectivity index (χ1) is 8.04. The molecule has 5 nitrogen and oxygen atoms in total. The maximum absolute atomic E-state index is 11.8. The number of Topliss-reactive ketones (excluding diaryl/α,β-unsaturated/α-hetero) is 1. The monoisotopic (exact) mass is 300 g/mol. The fourth-order valence-corrected chi connectivity index (χ4v) is 2.68. The summed E-state index contributed by atoms with van der Waals surface area (Å²) >= 11 is 3.38. The summed E-state index contributed by atoms with van der Waals surface area (Å²) in [4.78, 5) is 23.1. The summed E-state index contributed by atoms with van der Waals surface area (Å²) in [6, 6.07) is 3.30. The second kappa shape index (κ2) is 4.62. The minimum absolute atomic E-state index is 0.0553. The summed E-state index contributed by atoms with van der Waals surface area (Å²) in [7, 11) is 1.51. The molecule has 1 aromatic heterocycles. The van der Waals surface area contributed by atoms with Crippen molar-refractivity contribution in [2.24, 2.45) is 0 Å². The lowest BCUT2D eigenvalue weighted by atomic mass is 10.1. The van der Waals surface area contributed by atoms with E-state index in [1.165, 1.54) is 14.0 Å². The number of carbonyl (C=O) groups is 2. The Morgan fingerprint density at radius 2 is 2.29 bits per heavy atom. The third-order valence-corrected chi connectivity index (χ3v) is 3.45. The topological polar surface area (TPSA) is 60.3 Å². The van der Waals surface area contributed by atoms with Gasteiger partial charge < -0.3 is 14.6 Å². The molecule has 1 aromatic rings. The molecule has 1 aliphatic rings. The number of ketones is 1. The van der Waals surface area contributed by atoms with E-state index in [0.717, 1.165) is 4.60 Å². The molecule has 92 valence electrons. The van der Waals surface area contributed by atoms with Gasteiger partial charge in [0.15, 0.2) is 6.23 Å². The van der Waals surface area contributed by atoms with E-state index in [2.05, 4.69) is 21.2 Å². The van der Waals surface area contributed by atoms with Gasteiger partial charge >= 0.3 is 0 Å². The summed E-state index contributed by atoms with van der Waals surface area (Å²) in [6.07, 6.45) is -0.165. The van der Waals surface area contributed by atoms with Gasteiger partial charge in [-0.15, -0.1) is 0 Å². The fourth-order valence-electron chi connectivity index (χ4n) is 2.09. The van der Waals surface area contributed by atoms with Crippen LogP contribution in [0.2, 0.25) is 0 Å². The molecule has 17 heavy (non-hydrogen) atoms. The highest BCUT2D eigenvalue weighted by Crippen LogP contribution is 2.30. The second-order valence-corrected chi connectivity index (χ2v) is 4.83. The Balaban J connectivity index is 2.45. The van der Waals surface area contributed by atoms with Crippen LogP contribution in [-0.2, 0) is 9.53 Å². The molecule has 0 aromatic carbocycles. The zero-order valence-corrected chi connectivity index (χ0v) is 11.2. The van der Waals surface area contributed by atoms with Gasteiger partial charge in [0.25, 0.3) is 5.91 Å². The lowest BCUT2D eigenvalue weighted by Crippen LogP contribution is -2.49. The van der Waals surface area contributed by atoms with E-state index < -0.39 is 6.23 Å². The number of carbonyl (C=O) groups excluding carboxylic acids is 2. The van der Waals surface area contributed by atoms with Crippen molar-refractivity contribution in [2.75, 3.05) is 7.11 Å². The average molecular weight is 301 g/mol. The van der Waals surface area contributed by atoms with Crippen molar-refractivity contribution < 1.29 is 14.3 Å². The molecular formula is C11H13BrN2O3. The number of ether oxygens (including phenoxy) is 1. The number of halogens is 1. The quantitative estimate of drug-likeness (QED) is 0.920. The minimum atomic E-state index is -0.484. The van der Waals surface area contributed by atoms with E-state index in [4.69, 9.17) is 4.74 Å². The number of fused-ring (bicyclic) bond motifs is 1. The highest BCUT2D eigenvalue weighted by atomic mass is 79.9. The Morgan fingerprint density at radius 3 is 2.88 bits per heavy atom. The van der Waals surface area contributed by atoms with Gasteiger partial charge in [-0.05, 0) is 35.0 Å². The number of methoxy groups -OCH3 is 1. The standard InChI is InChI=1S/C11H13BrN2O3/c1-6(15)5-8-11(17-2)13-10(16)7-3-4-9(12)14(7)8/h3-4,8,11H,5H2,1-2H3,(H,13,16)/t8-,11-/m1/s1. The first-order valence-electron chi connectivity index (χ1n) is 5.24. The molecule has 2 atom stereocenters. The maximum atomic E-state index is 11.8. The first-order valence-corrected chi connectivity index (χ1v) is 6.03. The van der Waals surface area contributed by atoms with Gasteiger partial charge in [0.05, 0.1) is 10.6 Å². The molecule has 2 heterocycles. The second-order valence-electron chi connectivity index (χ2n) is 4.01. The van der Waals surface area contributed by atoms with E-state index in [9.17, 15) is 9.59 Å². The molecule has 1 amide bonds. The summed E-state index contributed by atoms with van der Waals surface area (Å²) in [5, 5.41) is 2.74. The van der Waals surface area contributed by atoms with Crippen LogP contribution in [-0.4, -0.2) is 29.6 Å². The van der Waals surface area contributed by atoms with Crippen molar-refractivity contribution in [1.82, 2.24) is 9.88 Å². The summed E-state index contributed by atoms with van der Waals surface area (Å²) in [6.45, 7) is 1.53. The van der Waals surface area contributed by atoms with Crippen LogP contribution in [0.25, 0.3) is 0 Å². The number of hydrogen-bond acceptors (Lipinski definition) is 3. The molecule has 1 N–H and O–H groups in total. The van der Waals surface area contributed by atoms with Crippen LogP contribution in [0.5, 0.6) is 0 Å². The molecule has 1 aliphatic heterocycles. The van der Waals surface area contributed by atoms with Crippen LogP contribution >= 0.6 is 15.9 Å². The molecule has 0 fully saturated rings. The first kappa shape index (κ1) is 12.3. The molecule has 6 heteroatoms. The van der Waals surface area contributed by atoms with Crippen molar-refractivity contribution in [3.05, 3.63) is 22.4 Å². The predicted octanol–water partition coefficient (Wildman–Crippen LogP) is 1.49. The van der Waals surface area contributed by atoms with Crippen LogP contribution in [0.3, 0.4) is 0 Å². The molecule has 2 rings (SSSR count). The van der Waals surface area contributed by atoms with Gasteiger partial charge in [0.2, 0.25) is 0 Å². The van der Waals surface area contributed by atoms with Gasteiger partial charge in [-0.1, -0.05) is 0 Å². The van der Waals surface area contributed by atoms with Crippen LogP contribution < -0.4 is 5.32 Å². The Bertz CT molecular complexity index is 469. The molecule has 0 saturated carbocycles. The van der Waals surface area contributed by atoms with Crippen LogP contribution in [0.4, 0.5) is 0 Å². The Morgan fingerprint density at radius 1 is 1.59 bits per heavy atom. The van der Waals surface area contributed by atoms with E-state index in [0.29, 0.717) is 12.1 Å². The third-order valence-electron chi connectivity index (χ3n) is 2.81. The fraction of sp³-hybridized carbons (Fsp3) is 0.455. The molecule has 0 saturated heterocycles. The number of nitrogens with zero attached hydrogens (tertiary/aromatic N) is 1. The third kappa shape index (κ3) is 2.14. The average Bonchev–Trinajstić information content (AvgIpc) is 2.64. The van der Waals surface area contributed by atoms with Gasteiger partial charge in [-0.2, -0.15) is 0 Å². The van der Waals surface area contributed by atoms with Gasteiger partial charge in [0.1, 0.15) is 11.5 Å². The molecule has 0 aliphatic carbocycles. The molecule has 0 radical (unpaired) electrons. The van der Waals surface area contributed by atoms with Gasteiger partial charge in [-0.3, -0.25) is 9.59 Å². The van der Waals surface area contributed by atoms with Crippen molar-refractivity contribution in [3.8, 4) is 0 Å². The predicted molar refractivity (Wildman–Crippen MR) is 64.7 cm³/mol. The number of rotatable bonds is 3. The van der Waals surface area contributed by atoms with Crippen molar-refractivity contribution in [2.45, 2.75) is 25.6 Å². The minimum Gasteiger partial charge on any atom is -0.359 e.